The van der Waals surface area contributed by atoms with E-state index in [0.717, 1.165) is 33.8 Å². The Morgan fingerprint density at radius 3 is 2.23 bits per heavy atom. The van der Waals surface area contributed by atoms with Crippen LogP contribution in [0.4, 0.5) is 5.69 Å². The first-order chi connectivity index (χ1) is 19.3. The van der Waals surface area contributed by atoms with E-state index >= 15 is 0 Å². The van der Waals surface area contributed by atoms with E-state index in [2.05, 4.69) is 10.6 Å². The highest BCUT2D eigenvalue weighted by molar-refractivity contribution is 6.10. The number of anilines is 1. The Morgan fingerprint density at radius 1 is 0.850 bits per heavy atom. The Bertz CT molecular complexity index is 1520. The van der Waals surface area contributed by atoms with E-state index in [9.17, 15) is 9.59 Å². The van der Waals surface area contributed by atoms with E-state index in [1.165, 1.54) is 0 Å². The SMILES string of the molecule is COc1ccc([C@H]2C(C(=O)Nc3ccccc3C)=C(C)NC3=C2C(=O)C[C@H](c2ccc(OC)c(OC)c2)C3)cc1. The summed E-state index contributed by atoms with van der Waals surface area (Å²) in [6, 6.07) is 21.1. The van der Waals surface area contributed by atoms with Gasteiger partial charge in [-0.3, -0.25) is 9.59 Å². The number of ether oxygens (including phenoxy) is 3. The number of methoxy groups -OCH3 is 3. The Balaban J connectivity index is 1.55. The molecule has 0 saturated heterocycles. The van der Waals surface area contributed by atoms with Gasteiger partial charge in [-0.05, 0) is 73.2 Å². The number of nitrogens with one attached hydrogen (secondary N) is 2. The highest BCUT2D eigenvalue weighted by atomic mass is 16.5. The molecule has 0 saturated carbocycles. The molecule has 5 rings (SSSR count). The summed E-state index contributed by atoms with van der Waals surface area (Å²) in [5.41, 5.74) is 6.32. The van der Waals surface area contributed by atoms with Crippen LogP contribution in [0.15, 0.2) is 89.3 Å². The molecule has 2 aliphatic rings. The Hall–Kier alpha value is -4.52. The van der Waals surface area contributed by atoms with Crippen molar-refractivity contribution in [2.24, 2.45) is 0 Å². The lowest BCUT2D eigenvalue weighted by atomic mass is 9.71. The molecule has 1 aliphatic carbocycles. The largest absolute Gasteiger partial charge is 0.497 e. The second kappa shape index (κ2) is 11.3. The lowest BCUT2D eigenvalue weighted by Crippen LogP contribution is -2.37. The molecule has 7 heteroatoms. The number of dihydropyridines is 1. The first-order valence-electron chi connectivity index (χ1n) is 13.3. The van der Waals surface area contributed by atoms with Crippen LogP contribution in [0.3, 0.4) is 0 Å². The average molecular weight is 539 g/mol. The molecule has 2 N–H and O–H groups in total. The van der Waals surface area contributed by atoms with Crippen molar-refractivity contribution in [2.45, 2.75) is 38.5 Å². The quantitative estimate of drug-likeness (QED) is 0.383. The van der Waals surface area contributed by atoms with Gasteiger partial charge in [0.25, 0.3) is 5.91 Å². The standard InChI is InChI=1S/C33H34N2O5/c1-19-8-6-7-9-25(19)35-33(37)30-20(2)34-26-16-23(22-12-15-28(39-4)29(18-22)40-5)17-27(36)32(26)31(30)21-10-13-24(38-3)14-11-21/h6-15,18,23,31,34H,16-17H2,1-5H3,(H,35,37)/t23-,31+/m1/s1. The number of hydrogen-bond donors (Lipinski definition) is 2. The Morgan fingerprint density at radius 2 is 1.55 bits per heavy atom. The Kier molecular flexibility index (Phi) is 7.65. The highest BCUT2D eigenvalue weighted by Crippen LogP contribution is 2.46. The molecule has 1 aliphatic heterocycles. The third-order valence-electron chi connectivity index (χ3n) is 7.79. The van der Waals surface area contributed by atoms with Gasteiger partial charge in [0.2, 0.25) is 0 Å². The van der Waals surface area contributed by atoms with Gasteiger partial charge in [-0.25, -0.2) is 0 Å². The van der Waals surface area contributed by atoms with Crippen molar-refractivity contribution >= 4 is 17.4 Å². The lowest BCUT2D eigenvalue weighted by Gasteiger charge is -2.37. The van der Waals surface area contributed by atoms with E-state index in [4.69, 9.17) is 14.2 Å². The van der Waals surface area contributed by atoms with Crippen molar-refractivity contribution in [3.05, 3.63) is 106 Å². The lowest BCUT2D eigenvalue weighted by molar-refractivity contribution is -0.116. The molecule has 2 atom stereocenters. The summed E-state index contributed by atoms with van der Waals surface area (Å²) in [5, 5.41) is 6.53. The van der Waals surface area contributed by atoms with Crippen LogP contribution < -0.4 is 24.8 Å². The first kappa shape index (κ1) is 27.1. The third-order valence-corrected chi connectivity index (χ3v) is 7.79. The number of Topliss-reactive ketones (excluding diaryl/α,β-unsaturated/α-hetero) is 1. The molecular weight excluding hydrogens is 504 g/mol. The summed E-state index contributed by atoms with van der Waals surface area (Å²) in [4.78, 5) is 27.8. The van der Waals surface area contributed by atoms with Gasteiger partial charge < -0.3 is 24.8 Å². The van der Waals surface area contributed by atoms with Crippen LogP contribution in [0.25, 0.3) is 0 Å². The molecule has 0 unspecified atom stereocenters. The maximum absolute atomic E-state index is 14.0. The minimum atomic E-state index is -0.509. The van der Waals surface area contributed by atoms with E-state index in [1.54, 1.807) is 21.3 Å². The fourth-order valence-corrected chi connectivity index (χ4v) is 5.71. The summed E-state index contributed by atoms with van der Waals surface area (Å²) < 4.78 is 16.3. The Labute approximate surface area is 234 Å². The number of allylic oxidation sites excluding steroid dienone is 3. The molecule has 3 aromatic carbocycles. The molecule has 1 heterocycles. The van der Waals surface area contributed by atoms with Crippen LogP contribution in [0.2, 0.25) is 0 Å². The van der Waals surface area contributed by atoms with Gasteiger partial charge in [0.1, 0.15) is 5.75 Å². The molecular formula is C33H34N2O5. The minimum absolute atomic E-state index is 0.0167. The van der Waals surface area contributed by atoms with Crippen molar-refractivity contribution in [2.75, 3.05) is 26.6 Å². The maximum Gasteiger partial charge on any atom is 0.254 e. The van der Waals surface area contributed by atoms with Crippen LogP contribution >= 0.6 is 0 Å². The van der Waals surface area contributed by atoms with E-state index in [-0.39, 0.29) is 17.6 Å². The maximum atomic E-state index is 14.0. The van der Waals surface area contributed by atoms with Crippen LogP contribution in [-0.2, 0) is 9.59 Å². The van der Waals surface area contributed by atoms with E-state index in [0.29, 0.717) is 41.2 Å². The van der Waals surface area contributed by atoms with E-state index < -0.39 is 5.92 Å². The minimum Gasteiger partial charge on any atom is -0.497 e. The summed E-state index contributed by atoms with van der Waals surface area (Å²) in [7, 11) is 4.82. The zero-order valence-electron chi connectivity index (χ0n) is 23.5. The smallest absolute Gasteiger partial charge is 0.254 e. The molecule has 0 fully saturated rings. The zero-order chi connectivity index (χ0) is 28.4. The number of rotatable bonds is 7. The molecule has 1 amide bonds. The third kappa shape index (κ3) is 5.07. The van der Waals surface area contributed by atoms with Gasteiger partial charge in [0, 0.05) is 40.6 Å². The average Bonchev–Trinajstić information content (AvgIpc) is 2.97. The van der Waals surface area contributed by atoms with Crippen molar-refractivity contribution in [3.8, 4) is 17.2 Å². The number of benzene rings is 3. The molecule has 0 spiro atoms. The molecule has 0 aromatic heterocycles. The molecule has 0 radical (unpaired) electrons. The summed E-state index contributed by atoms with van der Waals surface area (Å²) in [6.07, 6.45) is 0.960. The second-order valence-corrected chi connectivity index (χ2v) is 10.2. The number of hydrogen-bond acceptors (Lipinski definition) is 6. The number of carbonyl (C=O) groups excluding carboxylic acids is 2. The molecule has 40 heavy (non-hydrogen) atoms. The summed E-state index contributed by atoms with van der Waals surface area (Å²) in [6.45, 7) is 3.86. The number of carbonyl (C=O) groups is 2. The van der Waals surface area contributed by atoms with Crippen LogP contribution in [0.1, 0.15) is 48.3 Å². The van der Waals surface area contributed by atoms with Crippen molar-refractivity contribution in [1.29, 1.82) is 0 Å². The van der Waals surface area contributed by atoms with Gasteiger partial charge in [0.15, 0.2) is 17.3 Å². The fraction of sp³-hybridized carbons (Fsp3) is 0.273. The van der Waals surface area contributed by atoms with Gasteiger partial charge in [-0.1, -0.05) is 36.4 Å². The van der Waals surface area contributed by atoms with Gasteiger partial charge in [-0.2, -0.15) is 0 Å². The molecule has 0 bridgehead atoms. The number of para-hydroxylation sites is 1. The predicted molar refractivity (Wildman–Crippen MR) is 155 cm³/mol. The van der Waals surface area contributed by atoms with Crippen LogP contribution in [-0.4, -0.2) is 33.0 Å². The topological polar surface area (TPSA) is 85.9 Å². The highest BCUT2D eigenvalue weighted by Gasteiger charge is 2.41. The van der Waals surface area contributed by atoms with Gasteiger partial charge in [0.05, 0.1) is 21.3 Å². The molecule has 206 valence electrons. The zero-order valence-corrected chi connectivity index (χ0v) is 23.5. The van der Waals surface area contributed by atoms with E-state index in [1.807, 2.05) is 80.6 Å². The molecule has 3 aromatic rings. The normalized spacial score (nSPS) is 18.6. The summed E-state index contributed by atoms with van der Waals surface area (Å²) in [5.74, 6) is 1.22. The van der Waals surface area contributed by atoms with Gasteiger partial charge >= 0.3 is 0 Å². The summed E-state index contributed by atoms with van der Waals surface area (Å²) >= 11 is 0. The number of amides is 1. The van der Waals surface area contributed by atoms with Crippen molar-refractivity contribution < 1.29 is 23.8 Å². The predicted octanol–water partition coefficient (Wildman–Crippen LogP) is 6.02. The second-order valence-electron chi connectivity index (χ2n) is 10.2. The monoisotopic (exact) mass is 538 g/mol. The fourth-order valence-electron chi connectivity index (χ4n) is 5.71. The first-order valence-corrected chi connectivity index (χ1v) is 13.3. The van der Waals surface area contributed by atoms with Crippen LogP contribution in [0, 0.1) is 6.92 Å². The van der Waals surface area contributed by atoms with Crippen LogP contribution in [0.5, 0.6) is 17.2 Å². The number of aryl methyl sites for hydroxylation is 1. The molecule has 7 nitrogen and oxygen atoms in total. The number of ketones is 1. The van der Waals surface area contributed by atoms with Crippen molar-refractivity contribution in [3.63, 3.8) is 0 Å². The van der Waals surface area contributed by atoms with Crippen molar-refractivity contribution in [1.82, 2.24) is 5.32 Å². The van der Waals surface area contributed by atoms with Gasteiger partial charge in [-0.15, -0.1) is 0 Å².